The molecule has 0 saturated carbocycles. The molecule has 9 heteroatoms. The maximum absolute atomic E-state index is 12.3. The van der Waals surface area contributed by atoms with Gasteiger partial charge in [-0.25, -0.2) is 17.9 Å². The van der Waals surface area contributed by atoms with Crippen molar-refractivity contribution < 1.29 is 32.3 Å². The fraction of sp³-hybridized carbons (Fsp3) is 0.571. The molecule has 1 rings (SSSR count). The highest BCUT2D eigenvalue weighted by molar-refractivity contribution is 7.89. The van der Waals surface area contributed by atoms with Crippen molar-refractivity contribution in [3.05, 3.63) is 17.6 Å². The number of hydrogen-bond acceptors (Lipinski definition) is 6. The van der Waals surface area contributed by atoms with Crippen LogP contribution in [0.2, 0.25) is 0 Å². The largest absolute Gasteiger partial charge is 0.481 e. The zero-order chi connectivity index (χ0) is 17.8. The fourth-order valence-electron chi connectivity index (χ4n) is 2.06. The number of aliphatic carboxylic acids is 1. The summed E-state index contributed by atoms with van der Waals surface area (Å²) in [4.78, 5) is 22.3. The van der Waals surface area contributed by atoms with E-state index in [0.717, 1.165) is 13.2 Å². The van der Waals surface area contributed by atoms with Gasteiger partial charge in [0, 0.05) is 12.6 Å². The van der Waals surface area contributed by atoms with Gasteiger partial charge in [0.2, 0.25) is 15.8 Å². The molecule has 0 aliphatic rings. The monoisotopic (exact) mass is 347 g/mol. The summed E-state index contributed by atoms with van der Waals surface area (Å²) in [5, 5.41) is 9.14. The molecule has 1 unspecified atom stereocenters. The van der Waals surface area contributed by atoms with E-state index in [4.69, 9.17) is 9.52 Å². The van der Waals surface area contributed by atoms with Gasteiger partial charge in [0.1, 0.15) is 10.7 Å². The minimum absolute atomic E-state index is 0.0219. The van der Waals surface area contributed by atoms with Crippen LogP contribution in [-0.2, 0) is 19.6 Å². The predicted octanol–water partition coefficient (Wildman–Crippen LogP) is 1.40. The SMILES string of the molecule is COC(=O)c1cc(S(=O)(=O)NCC(CC(C)C)C(=O)O)c(C)o1. The highest BCUT2D eigenvalue weighted by atomic mass is 32.2. The van der Waals surface area contributed by atoms with Gasteiger partial charge >= 0.3 is 11.9 Å². The number of methoxy groups -OCH3 is 1. The molecule has 0 amide bonds. The molecule has 0 aliphatic carbocycles. The molecule has 130 valence electrons. The number of aryl methyl sites for hydroxylation is 1. The first-order valence-electron chi connectivity index (χ1n) is 6.99. The second-order valence-corrected chi connectivity index (χ2v) is 7.27. The summed E-state index contributed by atoms with van der Waals surface area (Å²) in [5.41, 5.74) is 0. The number of carbonyl (C=O) groups excluding carboxylic acids is 1. The lowest BCUT2D eigenvalue weighted by molar-refractivity contribution is -0.142. The van der Waals surface area contributed by atoms with Gasteiger partial charge in [-0.1, -0.05) is 13.8 Å². The summed E-state index contributed by atoms with van der Waals surface area (Å²) >= 11 is 0. The number of hydrogen-bond donors (Lipinski definition) is 2. The second-order valence-electron chi connectivity index (χ2n) is 5.54. The summed E-state index contributed by atoms with van der Waals surface area (Å²) in [6.07, 6.45) is 0.343. The number of esters is 1. The van der Waals surface area contributed by atoms with Gasteiger partial charge in [-0.15, -0.1) is 0 Å². The molecule has 8 nitrogen and oxygen atoms in total. The minimum Gasteiger partial charge on any atom is -0.481 e. The van der Waals surface area contributed by atoms with Crippen molar-refractivity contribution in [2.75, 3.05) is 13.7 Å². The van der Waals surface area contributed by atoms with Crippen LogP contribution >= 0.6 is 0 Å². The Kier molecular flexibility index (Phi) is 6.34. The highest BCUT2D eigenvalue weighted by Gasteiger charge is 2.27. The van der Waals surface area contributed by atoms with Gasteiger partial charge in [0.15, 0.2) is 0 Å². The molecular formula is C14H21NO7S. The van der Waals surface area contributed by atoms with Gasteiger partial charge in [-0.05, 0) is 19.3 Å². The lowest BCUT2D eigenvalue weighted by atomic mass is 9.98. The Bertz CT molecular complexity index is 675. The summed E-state index contributed by atoms with van der Waals surface area (Å²) < 4.78 is 36.3. The normalized spacial score (nSPS) is 13.1. The zero-order valence-corrected chi connectivity index (χ0v) is 14.3. The third kappa shape index (κ3) is 5.07. The number of rotatable bonds is 8. The van der Waals surface area contributed by atoms with Crippen LogP contribution in [0.25, 0.3) is 0 Å². The van der Waals surface area contributed by atoms with E-state index in [1.165, 1.54) is 6.92 Å². The van der Waals surface area contributed by atoms with Crippen LogP contribution < -0.4 is 4.72 Å². The Morgan fingerprint density at radius 1 is 1.39 bits per heavy atom. The molecule has 0 aliphatic heterocycles. The number of carboxylic acid groups (broad SMARTS) is 1. The zero-order valence-electron chi connectivity index (χ0n) is 13.5. The number of ether oxygens (including phenoxy) is 1. The molecule has 0 radical (unpaired) electrons. The number of sulfonamides is 1. The summed E-state index contributed by atoms with van der Waals surface area (Å²) in [7, 11) is -2.84. The molecule has 1 heterocycles. The number of carbonyl (C=O) groups is 2. The maximum atomic E-state index is 12.3. The van der Waals surface area contributed by atoms with Crippen LogP contribution in [0, 0.1) is 18.8 Å². The van der Waals surface area contributed by atoms with Crippen LogP contribution in [0.15, 0.2) is 15.4 Å². The van der Waals surface area contributed by atoms with Crippen molar-refractivity contribution in [2.24, 2.45) is 11.8 Å². The molecule has 1 aromatic rings. The van der Waals surface area contributed by atoms with Gasteiger partial charge in [0.25, 0.3) is 0 Å². The van der Waals surface area contributed by atoms with Crippen LogP contribution in [-0.4, -0.2) is 39.1 Å². The van der Waals surface area contributed by atoms with Crippen molar-refractivity contribution in [3.63, 3.8) is 0 Å². The Morgan fingerprint density at radius 2 is 2.00 bits per heavy atom. The molecule has 0 aromatic carbocycles. The molecule has 0 fully saturated rings. The van der Waals surface area contributed by atoms with Crippen LogP contribution in [0.4, 0.5) is 0 Å². The maximum Gasteiger partial charge on any atom is 0.373 e. The topological polar surface area (TPSA) is 123 Å². The van der Waals surface area contributed by atoms with Crippen molar-refractivity contribution >= 4 is 22.0 Å². The second kappa shape index (κ2) is 7.60. The van der Waals surface area contributed by atoms with E-state index in [0.29, 0.717) is 6.42 Å². The molecule has 23 heavy (non-hydrogen) atoms. The highest BCUT2D eigenvalue weighted by Crippen LogP contribution is 2.21. The molecule has 1 atom stereocenters. The summed E-state index contributed by atoms with van der Waals surface area (Å²) in [6.45, 7) is 4.86. The van der Waals surface area contributed by atoms with E-state index in [2.05, 4.69) is 9.46 Å². The molecule has 0 saturated heterocycles. The van der Waals surface area contributed by atoms with E-state index in [9.17, 15) is 18.0 Å². The Morgan fingerprint density at radius 3 is 2.48 bits per heavy atom. The molecule has 2 N–H and O–H groups in total. The summed E-state index contributed by atoms with van der Waals surface area (Å²) in [5.74, 6) is -2.80. The molecule has 1 aromatic heterocycles. The van der Waals surface area contributed by atoms with Crippen molar-refractivity contribution in [1.29, 1.82) is 0 Å². The van der Waals surface area contributed by atoms with E-state index in [-0.39, 0.29) is 28.9 Å². The first-order valence-corrected chi connectivity index (χ1v) is 8.48. The Balaban J connectivity index is 2.93. The minimum atomic E-state index is -3.99. The average Bonchev–Trinajstić information content (AvgIpc) is 2.84. The lowest BCUT2D eigenvalue weighted by Gasteiger charge is -2.15. The standard InChI is InChI=1S/C14H21NO7S/c1-8(2)5-10(13(16)17)7-15-23(19,20)12-6-11(14(18)21-4)22-9(12)3/h6,8,10,15H,5,7H2,1-4H3,(H,16,17). The van der Waals surface area contributed by atoms with E-state index in [1.807, 2.05) is 13.8 Å². The Labute approximate surface area is 134 Å². The van der Waals surface area contributed by atoms with Gasteiger partial charge < -0.3 is 14.3 Å². The van der Waals surface area contributed by atoms with Crippen molar-refractivity contribution in [2.45, 2.75) is 32.1 Å². The first kappa shape index (κ1) is 19.2. The van der Waals surface area contributed by atoms with E-state index >= 15 is 0 Å². The molecular weight excluding hydrogens is 326 g/mol. The first-order chi connectivity index (χ1) is 10.6. The number of carboxylic acids is 1. The van der Waals surface area contributed by atoms with Crippen LogP contribution in [0.3, 0.4) is 0 Å². The van der Waals surface area contributed by atoms with Gasteiger partial charge in [0.05, 0.1) is 13.0 Å². The van der Waals surface area contributed by atoms with E-state index < -0.39 is 27.9 Å². The fourth-order valence-corrected chi connectivity index (χ4v) is 3.32. The van der Waals surface area contributed by atoms with Gasteiger partial charge in [-0.3, -0.25) is 4.79 Å². The third-order valence-electron chi connectivity index (χ3n) is 3.17. The number of nitrogens with one attached hydrogen (secondary N) is 1. The average molecular weight is 347 g/mol. The quantitative estimate of drug-likeness (QED) is 0.681. The molecule has 0 spiro atoms. The lowest BCUT2D eigenvalue weighted by Crippen LogP contribution is -2.33. The number of furan rings is 1. The third-order valence-corrected chi connectivity index (χ3v) is 4.70. The van der Waals surface area contributed by atoms with Gasteiger partial charge in [-0.2, -0.15) is 0 Å². The van der Waals surface area contributed by atoms with E-state index in [1.54, 1.807) is 0 Å². The molecule has 0 bridgehead atoms. The smallest absolute Gasteiger partial charge is 0.373 e. The van der Waals surface area contributed by atoms with Crippen molar-refractivity contribution in [3.8, 4) is 0 Å². The van der Waals surface area contributed by atoms with Crippen LogP contribution in [0.1, 0.15) is 36.6 Å². The Hall–Kier alpha value is -1.87. The predicted molar refractivity (Wildman–Crippen MR) is 80.6 cm³/mol. The van der Waals surface area contributed by atoms with Crippen molar-refractivity contribution in [1.82, 2.24) is 4.72 Å². The summed E-state index contributed by atoms with van der Waals surface area (Å²) in [6, 6.07) is 1.06. The van der Waals surface area contributed by atoms with Crippen LogP contribution in [0.5, 0.6) is 0 Å².